The van der Waals surface area contributed by atoms with Crippen molar-refractivity contribution in [3.8, 4) is 0 Å². The summed E-state index contributed by atoms with van der Waals surface area (Å²) in [5.74, 6) is 0.833. The van der Waals surface area contributed by atoms with Gasteiger partial charge in [-0.05, 0) is 76.2 Å². The van der Waals surface area contributed by atoms with Crippen LogP contribution in [0.4, 0.5) is 0 Å². The highest BCUT2D eigenvalue weighted by atomic mass is 15.2. The van der Waals surface area contributed by atoms with Crippen LogP contribution in [0.1, 0.15) is 63.5 Å². The topological polar surface area (TPSA) is 22.6 Å². The Morgan fingerprint density at radius 3 is 2.57 bits per heavy atom. The minimum Gasteiger partial charge on any atom is -0.302 e. The lowest BCUT2D eigenvalue weighted by Crippen LogP contribution is -2.46. The van der Waals surface area contributed by atoms with E-state index in [4.69, 9.17) is 0 Å². The maximum atomic E-state index is 4.62. The van der Waals surface area contributed by atoms with E-state index in [2.05, 4.69) is 31.8 Å². The van der Waals surface area contributed by atoms with Crippen molar-refractivity contribution in [2.75, 3.05) is 45.8 Å². The highest BCUT2D eigenvalue weighted by Gasteiger charge is 2.28. The summed E-state index contributed by atoms with van der Waals surface area (Å²) in [4.78, 5) is 12.8. The second-order valence-electron chi connectivity index (χ2n) is 9.40. The van der Waals surface area contributed by atoms with Crippen molar-refractivity contribution in [2.45, 2.75) is 70.4 Å². The van der Waals surface area contributed by atoms with Gasteiger partial charge in [0, 0.05) is 45.0 Å². The first kappa shape index (κ1) is 20.3. The molecule has 0 spiro atoms. The molecular weight excluding hydrogens is 344 g/mol. The fourth-order valence-corrected chi connectivity index (χ4v) is 5.63. The van der Waals surface area contributed by atoms with Gasteiger partial charge in [-0.3, -0.25) is 9.88 Å². The van der Waals surface area contributed by atoms with Crippen molar-refractivity contribution < 1.29 is 0 Å². The van der Waals surface area contributed by atoms with E-state index < -0.39 is 0 Å². The van der Waals surface area contributed by atoms with Gasteiger partial charge < -0.3 is 9.80 Å². The van der Waals surface area contributed by atoms with Crippen LogP contribution in [-0.2, 0) is 6.54 Å². The number of aromatic nitrogens is 1. The van der Waals surface area contributed by atoms with Crippen molar-refractivity contribution in [3.63, 3.8) is 0 Å². The molecule has 0 radical (unpaired) electrons. The number of piperidine rings is 2. The molecule has 1 aliphatic carbocycles. The third-order valence-electron chi connectivity index (χ3n) is 7.20. The first-order valence-corrected chi connectivity index (χ1v) is 12.0. The molecule has 1 atom stereocenters. The van der Waals surface area contributed by atoms with E-state index in [0.29, 0.717) is 0 Å². The molecule has 4 heteroatoms. The minimum atomic E-state index is 0.833. The Labute approximate surface area is 172 Å². The van der Waals surface area contributed by atoms with E-state index in [9.17, 15) is 0 Å². The lowest BCUT2D eigenvalue weighted by molar-refractivity contribution is 0.0908. The Morgan fingerprint density at radius 1 is 0.929 bits per heavy atom. The molecule has 2 aliphatic heterocycles. The van der Waals surface area contributed by atoms with Crippen LogP contribution >= 0.6 is 0 Å². The normalized spacial score (nSPS) is 25.5. The van der Waals surface area contributed by atoms with Crippen LogP contribution in [0.25, 0.3) is 0 Å². The summed E-state index contributed by atoms with van der Waals surface area (Å²) < 4.78 is 0. The van der Waals surface area contributed by atoms with Gasteiger partial charge in [-0.1, -0.05) is 25.3 Å². The van der Waals surface area contributed by atoms with Crippen molar-refractivity contribution in [1.82, 2.24) is 19.7 Å². The number of nitrogens with zero attached hydrogens (tertiary/aromatic N) is 4. The summed E-state index contributed by atoms with van der Waals surface area (Å²) in [6, 6.07) is 7.25. The van der Waals surface area contributed by atoms with E-state index >= 15 is 0 Å². The van der Waals surface area contributed by atoms with Gasteiger partial charge in [0.25, 0.3) is 0 Å². The van der Waals surface area contributed by atoms with Gasteiger partial charge in [0.2, 0.25) is 0 Å². The molecule has 1 unspecified atom stereocenters. The minimum absolute atomic E-state index is 0.833. The first-order valence-electron chi connectivity index (χ1n) is 12.0. The third-order valence-corrected chi connectivity index (χ3v) is 7.20. The van der Waals surface area contributed by atoms with Gasteiger partial charge >= 0.3 is 0 Å². The highest BCUT2D eigenvalue weighted by Crippen LogP contribution is 2.28. The molecule has 0 amide bonds. The summed E-state index contributed by atoms with van der Waals surface area (Å²) in [5, 5.41) is 0. The van der Waals surface area contributed by atoms with Crippen molar-refractivity contribution >= 4 is 0 Å². The molecule has 0 bridgehead atoms. The van der Waals surface area contributed by atoms with E-state index in [0.717, 1.165) is 18.5 Å². The van der Waals surface area contributed by atoms with Crippen LogP contribution < -0.4 is 0 Å². The van der Waals surface area contributed by atoms with Crippen molar-refractivity contribution in [3.05, 3.63) is 30.1 Å². The van der Waals surface area contributed by atoms with Gasteiger partial charge in [0.1, 0.15) is 0 Å². The second kappa shape index (κ2) is 10.7. The number of hydrogen-bond acceptors (Lipinski definition) is 4. The third kappa shape index (κ3) is 6.01. The fourth-order valence-electron chi connectivity index (χ4n) is 5.63. The van der Waals surface area contributed by atoms with Crippen LogP contribution in [0.5, 0.6) is 0 Å². The Morgan fingerprint density at radius 2 is 1.79 bits per heavy atom. The molecule has 4 rings (SSSR count). The molecular formula is C24H40N4. The number of likely N-dealkylation sites (tertiary alicyclic amines) is 2. The molecule has 2 saturated heterocycles. The fraction of sp³-hybridized carbons (Fsp3) is 0.792. The maximum Gasteiger partial charge on any atom is 0.0543 e. The predicted octanol–water partition coefficient (Wildman–Crippen LogP) is 4.02. The molecule has 28 heavy (non-hydrogen) atoms. The smallest absolute Gasteiger partial charge is 0.0543 e. The zero-order valence-electron chi connectivity index (χ0n) is 17.8. The number of rotatable bonds is 8. The largest absolute Gasteiger partial charge is 0.302 e. The molecule has 1 aromatic heterocycles. The van der Waals surface area contributed by atoms with Crippen LogP contribution in [0, 0.1) is 5.92 Å². The maximum absolute atomic E-state index is 4.62. The molecule has 1 saturated carbocycles. The van der Waals surface area contributed by atoms with Gasteiger partial charge in [-0.15, -0.1) is 0 Å². The first-order chi connectivity index (χ1) is 13.9. The lowest BCUT2D eigenvalue weighted by atomic mass is 9.95. The van der Waals surface area contributed by atoms with Gasteiger partial charge in [-0.2, -0.15) is 0 Å². The molecule has 0 aromatic carbocycles. The Hall–Kier alpha value is -0.970. The Kier molecular flexibility index (Phi) is 7.76. The van der Waals surface area contributed by atoms with Crippen LogP contribution in [-0.4, -0.2) is 71.5 Å². The lowest BCUT2D eigenvalue weighted by Gasteiger charge is -2.39. The summed E-state index contributed by atoms with van der Waals surface area (Å²) >= 11 is 0. The standard InChI is InChI=1S/C24H40N4/c1-6-14-26(15-7-1)17-18-27(21-23-10-4-5-13-25-23)19-22-9-8-16-28(20-22)24-11-2-3-12-24/h4-5,10,13,22,24H,1-3,6-9,11-12,14-21H2. The second-order valence-corrected chi connectivity index (χ2v) is 9.40. The van der Waals surface area contributed by atoms with E-state index in [1.165, 1.54) is 109 Å². The van der Waals surface area contributed by atoms with Crippen LogP contribution in [0.3, 0.4) is 0 Å². The monoisotopic (exact) mass is 384 g/mol. The number of hydrogen-bond donors (Lipinski definition) is 0. The summed E-state index contributed by atoms with van der Waals surface area (Å²) in [5.41, 5.74) is 1.23. The highest BCUT2D eigenvalue weighted by molar-refractivity contribution is 5.03. The zero-order chi connectivity index (χ0) is 19.0. The van der Waals surface area contributed by atoms with Gasteiger partial charge in [0.15, 0.2) is 0 Å². The van der Waals surface area contributed by atoms with Gasteiger partial charge in [-0.25, -0.2) is 0 Å². The quantitative estimate of drug-likeness (QED) is 0.675. The van der Waals surface area contributed by atoms with E-state index in [-0.39, 0.29) is 0 Å². The summed E-state index contributed by atoms with van der Waals surface area (Å²) in [6.45, 7) is 9.94. The average molecular weight is 385 g/mol. The SMILES string of the molecule is c1ccc(CN(CCN2CCCCC2)CC2CCCN(C3CCCC3)C2)nc1. The van der Waals surface area contributed by atoms with Crippen molar-refractivity contribution in [2.24, 2.45) is 5.92 Å². The number of pyridine rings is 1. The molecule has 4 nitrogen and oxygen atoms in total. The van der Waals surface area contributed by atoms with E-state index in [1.54, 1.807) is 0 Å². The molecule has 3 heterocycles. The van der Waals surface area contributed by atoms with Gasteiger partial charge in [0.05, 0.1) is 5.69 Å². The molecule has 0 N–H and O–H groups in total. The molecule has 1 aromatic rings. The Bertz CT molecular complexity index is 551. The molecule has 3 fully saturated rings. The Balaban J connectivity index is 1.33. The molecule has 156 valence electrons. The summed E-state index contributed by atoms with van der Waals surface area (Å²) in [7, 11) is 0. The van der Waals surface area contributed by atoms with Crippen LogP contribution in [0.2, 0.25) is 0 Å². The van der Waals surface area contributed by atoms with E-state index in [1.807, 2.05) is 12.3 Å². The average Bonchev–Trinajstić information content (AvgIpc) is 3.29. The molecule has 3 aliphatic rings. The predicted molar refractivity (Wildman–Crippen MR) is 116 cm³/mol. The zero-order valence-corrected chi connectivity index (χ0v) is 17.8. The van der Waals surface area contributed by atoms with Crippen LogP contribution in [0.15, 0.2) is 24.4 Å². The summed E-state index contributed by atoms with van der Waals surface area (Å²) in [6.07, 6.45) is 14.7. The van der Waals surface area contributed by atoms with Crippen molar-refractivity contribution in [1.29, 1.82) is 0 Å².